The third kappa shape index (κ3) is 22.0. The Morgan fingerprint density at radius 3 is 1.79 bits per heavy atom. The molecule has 0 aromatic heterocycles. The molecule has 0 aromatic carbocycles. The summed E-state index contributed by atoms with van der Waals surface area (Å²) in [6, 6.07) is 0. The van der Waals surface area contributed by atoms with Crippen LogP contribution >= 0.6 is 0 Å². The van der Waals surface area contributed by atoms with Crippen LogP contribution in [0.15, 0.2) is 36.0 Å². The predicted molar refractivity (Wildman–Crippen MR) is 144 cm³/mol. The zero-order chi connectivity index (χ0) is 25.3. The highest BCUT2D eigenvalue weighted by Gasteiger charge is 2.12. The number of carbonyl (C=O) groups is 2. The van der Waals surface area contributed by atoms with E-state index in [9.17, 15) is 9.59 Å². The molecule has 0 aliphatic heterocycles. The van der Waals surface area contributed by atoms with E-state index in [-0.39, 0.29) is 0 Å². The molecule has 4 heteroatoms. The van der Waals surface area contributed by atoms with E-state index >= 15 is 0 Å². The van der Waals surface area contributed by atoms with Gasteiger partial charge in [-0.25, -0.2) is 0 Å². The molecule has 34 heavy (non-hydrogen) atoms. The Kier molecular flexibility index (Phi) is 23.0. The van der Waals surface area contributed by atoms with E-state index in [1.807, 2.05) is 0 Å². The van der Waals surface area contributed by atoms with Gasteiger partial charge in [0.1, 0.15) is 0 Å². The second-order valence-electron chi connectivity index (χ2n) is 9.49. The third-order valence-corrected chi connectivity index (χ3v) is 6.29. The normalized spacial score (nSPS) is 13.2. The van der Waals surface area contributed by atoms with Crippen molar-refractivity contribution in [2.75, 3.05) is 0 Å². The molecule has 1 atom stereocenters. The van der Waals surface area contributed by atoms with E-state index in [1.54, 1.807) is 5.57 Å². The smallest absolute Gasteiger partial charge is 0.303 e. The number of aliphatic carboxylic acids is 2. The molecular weight excluding hydrogens is 424 g/mol. The Balaban J connectivity index is 4.44. The van der Waals surface area contributed by atoms with E-state index in [0.717, 1.165) is 64.2 Å². The molecule has 0 saturated heterocycles. The van der Waals surface area contributed by atoms with Gasteiger partial charge in [-0.1, -0.05) is 108 Å². The number of unbranched alkanes of at least 4 members (excludes halogenated alkanes) is 10. The van der Waals surface area contributed by atoms with Gasteiger partial charge in [0, 0.05) is 12.8 Å². The van der Waals surface area contributed by atoms with Crippen LogP contribution in [0.4, 0.5) is 0 Å². The van der Waals surface area contributed by atoms with Gasteiger partial charge in [-0.05, 0) is 57.3 Å². The average molecular weight is 477 g/mol. The van der Waals surface area contributed by atoms with Crippen molar-refractivity contribution < 1.29 is 19.8 Å². The van der Waals surface area contributed by atoms with Gasteiger partial charge >= 0.3 is 11.9 Å². The summed E-state index contributed by atoms with van der Waals surface area (Å²) < 4.78 is 0. The minimum atomic E-state index is -0.686. The fourth-order valence-electron chi connectivity index (χ4n) is 4.32. The van der Waals surface area contributed by atoms with E-state index in [0.29, 0.717) is 18.8 Å². The summed E-state index contributed by atoms with van der Waals surface area (Å²) in [5, 5.41) is 17.4. The van der Waals surface area contributed by atoms with Gasteiger partial charge in [0.15, 0.2) is 0 Å². The first-order chi connectivity index (χ1) is 16.5. The van der Waals surface area contributed by atoms with E-state index < -0.39 is 11.9 Å². The molecule has 0 bridgehead atoms. The lowest BCUT2D eigenvalue weighted by Gasteiger charge is -2.19. The molecule has 4 nitrogen and oxygen atoms in total. The highest BCUT2D eigenvalue weighted by atomic mass is 16.4. The first kappa shape index (κ1) is 32.2. The van der Waals surface area contributed by atoms with Crippen molar-refractivity contribution in [1.82, 2.24) is 0 Å². The molecule has 0 heterocycles. The fourth-order valence-corrected chi connectivity index (χ4v) is 4.32. The third-order valence-electron chi connectivity index (χ3n) is 6.29. The number of carboxylic acid groups (broad SMARTS) is 2. The molecule has 1 unspecified atom stereocenters. The van der Waals surface area contributed by atoms with Crippen LogP contribution in [0.2, 0.25) is 0 Å². The molecule has 0 saturated carbocycles. The lowest BCUT2D eigenvalue weighted by Crippen LogP contribution is -2.04. The van der Waals surface area contributed by atoms with Crippen molar-refractivity contribution in [3.05, 3.63) is 36.0 Å². The van der Waals surface area contributed by atoms with Gasteiger partial charge in [0.2, 0.25) is 0 Å². The number of carboxylic acids is 2. The van der Waals surface area contributed by atoms with Crippen LogP contribution in [0.3, 0.4) is 0 Å². The maximum atomic E-state index is 10.6. The van der Waals surface area contributed by atoms with Crippen LogP contribution in [0.25, 0.3) is 0 Å². The zero-order valence-corrected chi connectivity index (χ0v) is 22.1. The largest absolute Gasteiger partial charge is 0.481 e. The summed E-state index contributed by atoms with van der Waals surface area (Å²) in [5.74, 6) is -0.747. The molecule has 0 amide bonds. The summed E-state index contributed by atoms with van der Waals surface area (Å²) in [6.45, 7) is 4.45. The van der Waals surface area contributed by atoms with E-state index in [1.165, 1.54) is 44.9 Å². The number of hydrogen-bond acceptors (Lipinski definition) is 2. The van der Waals surface area contributed by atoms with Crippen molar-refractivity contribution in [3.63, 3.8) is 0 Å². The molecule has 0 aliphatic carbocycles. The Bertz CT molecular complexity index is 589. The Labute approximate surface area is 209 Å². The summed E-state index contributed by atoms with van der Waals surface area (Å²) in [4.78, 5) is 21.1. The number of hydrogen-bond donors (Lipinski definition) is 2. The lowest BCUT2D eigenvalue weighted by molar-refractivity contribution is -0.138. The molecule has 0 fully saturated rings. The van der Waals surface area contributed by atoms with Crippen LogP contribution in [-0.2, 0) is 9.59 Å². The Morgan fingerprint density at radius 1 is 0.676 bits per heavy atom. The molecule has 0 radical (unpaired) electrons. The minimum absolute atomic E-state index is 0.298. The van der Waals surface area contributed by atoms with Crippen LogP contribution in [0, 0.1) is 5.92 Å². The first-order valence-corrected chi connectivity index (χ1v) is 13.9. The highest BCUT2D eigenvalue weighted by Crippen LogP contribution is 2.27. The SMILES string of the molecule is CCC=CCC(CCCCCCCCC(=O)O)C(=CC=CCCCCCCCC(=O)O)CCC. The highest BCUT2D eigenvalue weighted by molar-refractivity contribution is 5.66. The topological polar surface area (TPSA) is 74.6 Å². The summed E-state index contributed by atoms with van der Waals surface area (Å²) in [5.41, 5.74) is 1.58. The van der Waals surface area contributed by atoms with Gasteiger partial charge in [-0.2, -0.15) is 0 Å². The molecule has 2 N–H and O–H groups in total. The quantitative estimate of drug-likeness (QED) is 0.0826. The Morgan fingerprint density at radius 2 is 1.24 bits per heavy atom. The van der Waals surface area contributed by atoms with Gasteiger partial charge in [0.25, 0.3) is 0 Å². The molecule has 196 valence electrons. The molecular formula is C30H52O4. The van der Waals surface area contributed by atoms with Crippen LogP contribution in [0.1, 0.15) is 136 Å². The van der Waals surface area contributed by atoms with Gasteiger partial charge in [0.05, 0.1) is 0 Å². The summed E-state index contributed by atoms with van der Waals surface area (Å²) >= 11 is 0. The average Bonchev–Trinajstić information content (AvgIpc) is 2.79. The standard InChI is InChI=1S/C30H52O4/c1-3-5-16-22-28(24-18-13-10-11-15-20-26-30(33)34)27(21-4-2)23-17-12-8-6-7-9-14-19-25-29(31)32/h5,12,16-17,23,28H,3-4,6-11,13-15,18-22,24-26H2,1-2H3,(H,31,32)(H,33,34). The molecule has 0 aromatic rings. The fraction of sp³-hybridized carbons (Fsp3) is 0.733. The van der Waals surface area contributed by atoms with Crippen LogP contribution in [0.5, 0.6) is 0 Å². The maximum absolute atomic E-state index is 10.6. The minimum Gasteiger partial charge on any atom is -0.481 e. The molecule has 0 rings (SSSR count). The van der Waals surface area contributed by atoms with Crippen molar-refractivity contribution in [2.24, 2.45) is 5.92 Å². The Hall–Kier alpha value is -1.84. The van der Waals surface area contributed by atoms with Gasteiger partial charge in [-0.15, -0.1) is 0 Å². The van der Waals surface area contributed by atoms with Gasteiger partial charge < -0.3 is 10.2 Å². The second kappa shape index (κ2) is 24.3. The number of rotatable bonds is 24. The second-order valence-corrected chi connectivity index (χ2v) is 9.49. The van der Waals surface area contributed by atoms with E-state index in [2.05, 4.69) is 44.2 Å². The maximum Gasteiger partial charge on any atom is 0.303 e. The van der Waals surface area contributed by atoms with Crippen LogP contribution in [-0.4, -0.2) is 22.2 Å². The van der Waals surface area contributed by atoms with Crippen molar-refractivity contribution >= 4 is 11.9 Å². The van der Waals surface area contributed by atoms with Crippen molar-refractivity contribution in [1.29, 1.82) is 0 Å². The van der Waals surface area contributed by atoms with E-state index in [4.69, 9.17) is 10.2 Å². The summed E-state index contributed by atoms with van der Waals surface area (Å²) in [7, 11) is 0. The first-order valence-electron chi connectivity index (χ1n) is 13.9. The van der Waals surface area contributed by atoms with Crippen molar-refractivity contribution in [2.45, 2.75) is 136 Å². The van der Waals surface area contributed by atoms with Crippen LogP contribution < -0.4 is 0 Å². The predicted octanol–water partition coefficient (Wildman–Crippen LogP) is 9.26. The summed E-state index contributed by atoms with van der Waals surface area (Å²) in [6.07, 6.45) is 31.0. The zero-order valence-electron chi connectivity index (χ0n) is 22.1. The van der Waals surface area contributed by atoms with Crippen molar-refractivity contribution in [3.8, 4) is 0 Å². The number of allylic oxidation sites excluding steroid dienone is 6. The monoisotopic (exact) mass is 476 g/mol. The molecule has 0 aliphatic rings. The lowest BCUT2D eigenvalue weighted by atomic mass is 9.86. The molecule has 0 spiro atoms. The van der Waals surface area contributed by atoms with Gasteiger partial charge in [-0.3, -0.25) is 9.59 Å².